The van der Waals surface area contributed by atoms with E-state index in [1.165, 1.54) is 0 Å². The van der Waals surface area contributed by atoms with Crippen LogP contribution in [0.15, 0.2) is 60.7 Å². The normalized spacial score (nSPS) is 39.0. The predicted octanol–water partition coefficient (Wildman–Crippen LogP) is 2.40. The summed E-state index contributed by atoms with van der Waals surface area (Å²) in [5.41, 5.74) is 2.02. The average molecular weight is 398 g/mol. The summed E-state index contributed by atoms with van der Waals surface area (Å²) in [6.07, 6.45) is -1.04. The van der Waals surface area contributed by atoms with E-state index < -0.39 is 12.6 Å². The van der Waals surface area contributed by atoms with Crippen molar-refractivity contribution in [1.29, 1.82) is 0 Å². The van der Waals surface area contributed by atoms with Gasteiger partial charge in [-0.3, -0.25) is 0 Å². The molecule has 1 N–H and O–H groups in total. The van der Waals surface area contributed by atoms with Crippen LogP contribution in [0.2, 0.25) is 0 Å². The molecule has 6 atom stereocenters. The van der Waals surface area contributed by atoms with E-state index in [0.29, 0.717) is 24.2 Å². The van der Waals surface area contributed by atoms with Gasteiger partial charge in [-0.2, -0.15) is 0 Å². The van der Waals surface area contributed by atoms with Crippen LogP contribution in [-0.2, 0) is 18.9 Å². The van der Waals surface area contributed by atoms with E-state index in [4.69, 9.17) is 18.9 Å². The van der Waals surface area contributed by atoms with Gasteiger partial charge in [0.2, 0.25) is 0 Å². The molecule has 0 aromatic heterocycles. The molecule has 3 aliphatic rings. The Hall–Kier alpha value is -1.80. The van der Waals surface area contributed by atoms with Crippen LogP contribution >= 0.6 is 0 Å². The van der Waals surface area contributed by atoms with Gasteiger partial charge in [0, 0.05) is 11.1 Å². The molecule has 3 heterocycles. The summed E-state index contributed by atoms with van der Waals surface area (Å²) < 4.78 is 25.9. The quantitative estimate of drug-likeness (QED) is 0.802. The summed E-state index contributed by atoms with van der Waals surface area (Å²) in [7, 11) is 2.16. The lowest BCUT2D eigenvalue weighted by molar-refractivity contribution is -0.950. The molecule has 0 aliphatic carbocycles. The maximum atomic E-state index is 9.75. The number of aliphatic hydroxyl groups excluding tert-OH is 1. The number of likely N-dealkylation sites (tertiary alicyclic amines) is 1. The minimum Gasteiger partial charge on any atom is -0.391 e. The monoisotopic (exact) mass is 398 g/mol. The number of benzene rings is 2. The lowest BCUT2D eigenvalue weighted by Crippen LogP contribution is -2.61. The molecular formula is C23H28NO5+. The van der Waals surface area contributed by atoms with Crippen LogP contribution in [0.1, 0.15) is 23.7 Å². The SMILES string of the molecule is C[N+]1(CCO)[C@H]2COC(c3ccccc3)O[C@H]2[C@@H]2OC(c3ccccc3)OC[C@@H]21. The van der Waals surface area contributed by atoms with Crippen LogP contribution in [0.4, 0.5) is 0 Å². The maximum absolute atomic E-state index is 9.75. The zero-order valence-corrected chi connectivity index (χ0v) is 16.6. The van der Waals surface area contributed by atoms with Crippen molar-refractivity contribution in [2.75, 3.05) is 33.4 Å². The fraction of sp³-hybridized carbons (Fsp3) is 0.478. The van der Waals surface area contributed by atoms with Crippen molar-refractivity contribution >= 4 is 0 Å². The topological polar surface area (TPSA) is 57.2 Å². The Kier molecular flexibility index (Phi) is 5.16. The van der Waals surface area contributed by atoms with Gasteiger partial charge in [-0.05, 0) is 0 Å². The first-order chi connectivity index (χ1) is 14.2. The number of fused-ring (bicyclic) bond motifs is 3. The van der Waals surface area contributed by atoms with Crippen molar-refractivity contribution in [3.63, 3.8) is 0 Å². The predicted molar refractivity (Wildman–Crippen MR) is 106 cm³/mol. The van der Waals surface area contributed by atoms with Gasteiger partial charge in [0.15, 0.2) is 12.6 Å². The second-order valence-corrected chi connectivity index (χ2v) is 8.28. The average Bonchev–Trinajstić information content (AvgIpc) is 3.03. The Morgan fingerprint density at radius 2 is 1.24 bits per heavy atom. The number of likely N-dealkylation sites (N-methyl/N-ethyl adjacent to an activating group) is 1. The molecule has 0 spiro atoms. The van der Waals surface area contributed by atoms with Crippen LogP contribution in [0.3, 0.4) is 0 Å². The molecule has 0 saturated carbocycles. The van der Waals surface area contributed by atoms with Gasteiger partial charge in [-0.15, -0.1) is 0 Å². The van der Waals surface area contributed by atoms with Crippen LogP contribution in [0, 0.1) is 0 Å². The minimum absolute atomic E-state index is 0.0928. The van der Waals surface area contributed by atoms with Gasteiger partial charge in [0.1, 0.15) is 44.1 Å². The molecule has 3 fully saturated rings. The summed E-state index contributed by atoms with van der Waals surface area (Å²) in [5.74, 6) is 0. The van der Waals surface area contributed by atoms with Crippen molar-refractivity contribution in [3.05, 3.63) is 71.8 Å². The van der Waals surface area contributed by atoms with Gasteiger partial charge in [0.25, 0.3) is 0 Å². The van der Waals surface area contributed by atoms with E-state index in [9.17, 15) is 5.11 Å². The lowest BCUT2D eigenvalue weighted by atomic mass is 10.0. The van der Waals surface area contributed by atoms with Crippen molar-refractivity contribution < 1.29 is 28.5 Å². The fourth-order valence-corrected chi connectivity index (χ4v) is 5.07. The van der Waals surface area contributed by atoms with Gasteiger partial charge in [0.05, 0.1) is 13.7 Å². The highest BCUT2D eigenvalue weighted by Crippen LogP contribution is 2.45. The molecule has 5 rings (SSSR count). The van der Waals surface area contributed by atoms with Gasteiger partial charge >= 0.3 is 0 Å². The Labute approximate surface area is 171 Å². The number of hydrogen-bond acceptors (Lipinski definition) is 5. The van der Waals surface area contributed by atoms with E-state index in [2.05, 4.69) is 7.05 Å². The van der Waals surface area contributed by atoms with Gasteiger partial charge in [-0.25, -0.2) is 0 Å². The number of hydrogen-bond donors (Lipinski definition) is 1. The zero-order chi connectivity index (χ0) is 19.8. The molecule has 0 radical (unpaired) electrons. The molecule has 2 unspecified atom stereocenters. The van der Waals surface area contributed by atoms with Crippen molar-refractivity contribution in [2.24, 2.45) is 0 Å². The van der Waals surface area contributed by atoms with Gasteiger partial charge < -0.3 is 28.5 Å². The first-order valence-corrected chi connectivity index (χ1v) is 10.3. The second kappa shape index (κ2) is 7.80. The summed E-state index contributed by atoms with van der Waals surface area (Å²) in [4.78, 5) is 0. The van der Waals surface area contributed by atoms with Crippen molar-refractivity contribution in [2.45, 2.75) is 36.9 Å². The lowest BCUT2D eigenvalue weighted by Gasteiger charge is -2.44. The van der Waals surface area contributed by atoms with Crippen molar-refractivity contribution in [1.82, 2.24) is 0 Å². The molecule has 29 heavy (non-hydrogen) atoms. The third-order valence-corrected chi connectivity index (χ3v) is 6.72. The molecule has 0 amide bonds. The number of rotatable bonds is 4. The molecule has 6 heteroatoms. The Morgan fingerprint density at radius 3 is 1.66 bits per heavy atom. The van der Waals surface area contributed by atoms with Gasteiger partial charge in [-0.1, -0.05) is 60.7 Å². The zero-order valence-electron chi connectivity index (χ0n) is 16.6. The summed E-state index contributed by atoms with van der Waals surface area (Å²) >= 11 is 0. The van der Waals surface area contributed by atoms with E-state index in [1.807, 2.05) is 60.7 Å². The second-order valence-electron chi connectivity index (χ2n) is 8.28. The largest absolute Gasteiger partial charge is 0.391 e. The number of ether oxygens (including phenoxy) is 4. The molecule has 154 valence electrons. The van der Waals surface area contributed by atoms with Crippen LogP contribution in [-0.4, -0.2) is 67.3 Å². The molecule has 6 nitrogen and oxygen atoms in total. The van der Waals surface area contributed by atoms with Crippen LogP contribution in [0.25, 0.3) is 0 Å². The molecule has 2 aromatic rings. The maximum Gasteiger partial charge on any atom is 0.184 e. The molecule has 2 aromatic carbocycles. The Bertz CT molecular complexity index is 753. The smallest absolute Gasteiger partial charge is 0.184 e. The molecule has 0 bridgehead atoms. The van der Waals surface area contributed by atoms with Crippen LogP contribution in [0.5, 0.6) is 0 Å². The van der Waals surface area contributed by atoms with E-state index in [1.54, 1.807) is 0 Å². The van der Waals surface area contributed by atoms with E-state index in [0.717, 1.165) is 11.1 Å². The van der Waals surface area contributed by atoms with E-state index >= 15 is 0 Å². The third kappa shape index (κ3) is 3.30. The highest BCUT2D eigenvalue weighted by molar-refractivity contribution is 5.18. The van der Waals surface area contributed by atoms with Crippen LogP contribution < -0.4 is 0 Å². The standard InChI is InChI=1S/C23H28NO5/c1-24(12-13-25)18-14-26-22(16-8-4-2-5-9-16)28-20(18)21-19(24)15-27-23(29-21)17-10-6-3-7-11-17/h2-11,18-23,25H,12-15H2,1H3/q+1/t18-,19-,20+,21+,22?,23?,24?/m0/s1. The number of quaternary nitrogens is 1. The third-order valence-electron chi connectivity index (χ3n) is 6.72. The molecule has 3 aliphatic heterocycles. The number of aliphatic hydroxyl groups is 1. The van der Waals surface area contributed by atoms with E-state index in [-0.39, 0.29) is 30.9 Å². The van der Waals surface area contributed by atoms with Crippen molar-refractivity contribution in [3.8, 4) is 0 Å². The first kappa shape index (κ1) is 19.2. The minimum atomic E-state index is -0.402. The first-order valence-electron chi connectivity index (χ1n) is 10.3. The number of nitrogens with zero attached hydrogens (tertiary/aromatic N) is 1. The highest BCUT2D eigenvalue weighted by atomic mass is 16.7. The summed E-state index contributed by atoms with van der Waals surface area (Å²) in [5, 5.41) is 9.75. The Morgan fingerprint density at radius 1 is 0.793 bits per heavy atom. The summed E-state index contributed by atoms with van der Waals surface area (Å²) in [6, 6.07) is 20.2. The molecular weight excluding hydrogens is 370 g/mol. The molecule has 3 saturated heterocycles. The highest BCUT2D eigenvalue weighted by Gasteiger charge is 2.64. The fourth-order valence-electron chi connectivity index (χ4n) is 5.07. The Balaban J connectivity index is 1.43. The summed E-state index contributed by atoms with van der Waals surface area (Å²) in [6.45, 7) is 1.85.